The molecule has 0 radical (unpaired) electrons. The highest BCUT2D eigenvalue weighted by molar-refractivity contribution is 7.89. The molecule has 0 saturated heterocycles. The number of sulfonamides is 1. The Balaban J connectivity index is 4.46. The Bertz CT molecular complexity index is 261. The second-order valence-electron chi connectivity index (χ2n) is 3.29. The molecule has 14 heavy (non-hydrogen) atoms. The Labute approximate surface area is 86.2 Å². The summed E-state index contributed by atoms with van der Waals surface area (Å²) in [5.74, 6) is -0.0611. The molecule has 0 rings (SSSR count). The van der Waals surface area contributed by atoms with Crippen LogP contribution < -0.4 is 5.14 Å². The molecule has 0 aliphatic rings. The molecule has 0 fully saturated rings. The molecule has 0 saturated carbocycles. The summed E-state index contributed by atoms with van der Waals surface area (Å²) in [5, 5.41) is 4.47. The molecule has 2 N–H and O–H groups in total. The molecule has 0 aromatic carbocycles. The lowest BCUT2D eigenvalue weighted by atomic mass is 10.0. The Kier molecular flexibility index (Phi) is 5.99. The molecule has 0 heterocycles. The fourth-order valence-corrected chi connectivity index (χ4v) is 2.28. The number of rotatable bonds is 7. The van der Waals surface area contributed by atoms with Crippen LogP contribution in [0.1, 0.15) is 20.3 Å². The van der Waals surface area contributed by atoms with E-state index in [4.69, 9.17) is 9.88 Å². The molecule has 0 spiro atoms. The van der Waals surface area contributed by atoms with E-state index in [0.29, 0.717) is 13.0 Å². The predicted octanol–water partition coefficient (Wildman–Crippen LogP) is 0.892. The van der Waals surface area contributed by atoms with Gasteiger partial charge in [-0.05, 0) is 19.3 Å². The van der Waals surface area contributed by atoms with Gasteiger partial charge >= 0.3 is 0 Å². The number of ether oxygens (including phenoxy) is 1. The van der Waals surface area contributed by atoms with Crippen LogP contribution >= 0.6 is 0 Å². The maximum absolute atomic E-state index is 11.2. The van der Waals surface area contributed by atoms with Crippen LogP contribution in [0.2, 0.25) is 0 Å². The summed E-state index contributed by atoms with van der Waals surface area (Å²) in [6.07, 6.45) is 2.31. The van der Waals surface area contributed by atoms with Gasteiger partial charge in [-0.25, -0.2) is 13.6 Å². The molecule has 0 aromatic heterocycles. The number of allylic oxidation sites excluding steroid dienone is 1. The fourth-order valence-electron chi connectivity index (χ4n) is 1.23. The molecule has 0 amide bonds. The van der Waals surface area contributed by atoms with E-state index in [0.717, 1.165) is 0 Å². The highest BCUT2D eigenvalue weighted by Gasteiger charge is 2.27. The van der Waals surface area contributed by atoms with Crippen molar-refractivity contribution in [2.45, 2.75) is 25.5 Å². The molecular formula is C9H19NO3S. The first-order valence-corrected chi connectivity index (χ1v) is 6.24. The number of nitrogens with two attached hydrogens (primary N) is 1. The lowest BCUT2D eigenvalue weighted by molar-refractivity contribution is 0.136. The molecule has 4 nitrogen and oxygen atoms in total. The Morgan fingerprint density at radius 2 is 2.14 bits per heavy atom. The summed E-state index contributed by atoms with van der Waals surface area (Å²) in [7, 11) is -3.53. The molecule has 0 aliphatic carbocycles. The molecule has 2 unspecified atom stereocenters. The van der Waals surface area contributed by atoms with E-state index < -0.39 is 15.3 Å². The molecule has 84 valence electrons. The average molecular weight is 221 g/mol. The largest absolute Gasteiger partial charge is 0.380 e. The second kappa shape index (κ2) is 6.16. The first kappa shape index (κ1) is 13.6. The zero-order valence-corrected chi connectivity index (χ0v) is 9.59. The third kappa shape index (κ3) is 4.74. The summed E-state index contributed by atoms with van der Waals surface area (Å²) >= 11 is 0. The van der Waals surface area contributed by atoms with Gasteiger partial charge in [-0.3, -0.25) is 0 Å². The van der Waals surface area contributed by atoms with Crippen LogP contribution in [0.3, 0.4) is 0 Å². The van der Waals surface area contributed by atoms with Crippen molar-refractivity contribution < 1.29 is 13.2 Å². The molecule has 2 atom stereocenters. The van der Waals surface area contributed by atoms with Crippen molar-refractivity contribution in [1.29, 1.82) is 0 Å². The maximum atomic E-state index is 11.2. The van der Waals surface area contributed by atoms with Crippen molar-refractivity contribution in [3.05, 3.63) is 12.7 Å². The number of hydrogen-bond donors (Lipinski definition) is 1. The van der Waals surface area contributed by atoms with Gasteiger partial charge in [0.1, 0.15) is 5.25 Å². The van der Waals surface area contributed by atoms with Crippen LogP contribution in [0.4, 0.5) is 0 Å². The Hall–Kier alpha value is -0.390. The summed E-state index contributed by atoms with van der Waals surface area (Å²) in [6, 6.07) is 0. The highest BCUT2D eigenvalue weighted by atomic mass is 32.2. The normalized spacial score (nSPS) is 16.2. The van der Waals surface area contributed by atoms with E-state index in [2.05, 4.69) is 6.58 Å². The topological polar surface area (TPSA) is 69.4 Å². The summed E-state index contributed by atoms with van der Waals surface area (Å²) < 4.78 is 27.5. The third-order valence-corrected chi connectivity index (χ3v) is 3.53. The van der Waals surface area contributed by atoms with Crippen molar-refractivity contribution in [2.75, 3.05) is 13.2 Å². The molecule has 0 bridgehead atoms. The van der Waals surface area contributed by atoms with E-state index in [9.17, 15) is 8.42 Å². The molecule has 5 heteroatoms. The molecular weight excluding hydrogens is 202 g/mol. The van der Waals surface area contributed by atoms with Crippen LogP contribution in [0.25, 0.3) is 0 Å². The van der Waals surface area contributed by atoms with Crippen LogP contribution in [0, 0.1) is 5.92 Å². The van der Waals surface area contributed by atoms with Crippen LogP contribution in [0.15, 0.2) is 12.7 Å². The van der Waals surface area contributed by atoms with Gasteiger partial charge < -0.3 is 4.74 Å². The maximum Gasteiger partial charge on any atom is 0.214 e. The lowest BCUT2D eigenvalue weighted by Crippen LogP contribution is -2.37. The lowest BCUT2D eigenvalue weighted by Gasteiger charge is -2.20. The zero-order chi connectivity index (χ0) is 11.2. The average Bonchev–Trinajstić information content (AvgIpc) is 2.03. The van der Waals surface area contributed by atoms with Crippen LogP contribution in [0.5, 0.6) is 0 Å². The first-order chi connectivity index (χ1) is 6.43. The number of hydrogen-bond acceptors (Lipinski definition) is 3. The summed E-state index contributed by atoms with van der Waals surface area (Å²) in [4.78, 5) is 0. The van der Waals surface area contributed by atoms with Gasteiger partial charge in [0.2, 0.25) is 10.0 Å². The van der Waals surface area contributed by atoms with Gasteiger partial charge in [0, 0.05) is 6.61 Å². The van der Waals surface area contributed by atoms with E-state index in [1.807, 2.05) is 13.8 Å². The monoisotopic (exact) mass is 221 g/mol. The Morgan fingerprint density at radius 3 is 2.50 bits per heavy atom. The third-order valence-electron chi connectivity index (χ3n) is 2.08. The van der Waals surface area contributed by atoms with Crippen molar-refractivity contribution in [3.63, 3.8) is 0 Å². The van der Waals surface area contributed by atoms with Crippen LogP contribution in [-0.2, 0) is 14.8 Å². The van der Waals surface area contributed by atoms with E-state index in [1.54, 1.807) is 6.08 Å². The quantitative estimate of drug-likeness (QED) is 0.649. The first-order valence-electron chi connectivity index (χ1n) is 4.63. The van der Waals surface area contributed by atoms with Crippen molar-refractivity contribution in [3.8, 4) is 0 Å². The molecule has 0 aromatic rings. The standard InChI is InChI=1S/C9H19NO3S/c1-4-6-8(3)9(7-13-5-2)14(10,11)12/h4,8-9H,1,5-7H2,2-3H3,(H2,10,11,12). The summed E-state index contributed by atoms with van der Waals surface area (Å²) in [5.41, 5.74) is 0. The minimum Gasteiger partial charge on any atom is -0.380 e. The highest BCUT2D eigenvalue weighted by Crippen LogP contribution is 2.15. The minimum atomic E-state index is -3.53. The smallest absolute Gasteiger partial charge is 0.214 e. The van der Waals surface area contributed by atoms with Crippen molar-refractivity contribution in [1.82, 2.24) is 0 Å². The van der Waals surface area contributed by atoms with Gasteiger partial charge in [-0.15, -0.1) is 6.58 Å². The zero-order valence-electron chi connectivity index (χ0n) is 8.77. The predicted molar refractivity (Wildman–Crippen MR) is 57.4 cm³/mol. The van der Waals surface area contributed by atoms with E-state index >= 15 is 0 Å². The van der Waals surface area contributed by atoms with Crippen molar-refractivity contribution >= 4 is 10.0 Å². The van der Waals surface area contributed by atoms with Crippen LogP contribution in [-0.4, -0.2) is 26.9 Å². The second-order valence-corrected chi connectivity index (χ2v) is 5.07. The summed E-state index contributed by atoms with van der Waals surface area (Å²) in [6.45, 7) is 7.87. The SMILES string of the molecule is C=CCC(C)C(COCC)S(N)(=O)=O. The van der Waals surface area contributed by atoms with Gasteiger partial charge in [-0.2, -0.15) is 0 Å². The van der Waals surface area contributed by atoms with Crippen molar-refractivity contribution in [2.24, 2.45) is 11.1 Å². The van der Waals surface area contributed by atoms with Gasteiger partial charge in [0.05, 0.1) is 6.61 Å². The van der Waals surface area contributed by atoms with Gasteiger partial charge in [-0.1, -0.05) is 13.0 Å². The van der Waals surface area contributed by atoms with Gasteiger partial charge in [0.15, 0.2) is 0 Å². The Morgan fingerprint density at radius 1 is 1.57 bits per heavy atom. The van der Waals surface area contributed by atoms with E-state index in [-0.39, 0.29) is 12.5 Å². The van der Waals surface area contributed by atoms with Gasteiger partial charge in [0.25, 0.3) is 0 Å². The minimum absolute atomic E-state index is 0.0611. The van der Waals surface area contributed by atoms with E-state index in [1.165, 1.54) is 0 Å². The fraction of sp³-hybridized carbons (Fsp3) is 0.778. The number of primary sulfonamides is 1. The molecule has 0 aliphatic heterocycles.